The lowest BCUT2D eigenvalue weighted by atomic mass is 10.0. The van der Waals surface area contributed by atoms with E-state index in [1.54, 1.807) is 0 Å². The third kappa shape index (κ3) is 7.20. The molecule has 2 aromatic carbocycles. The highest BCUT2D eigenvalue weighted by molar-refractivity contribution is 7.91. The Morgan fingerprint density at radius 2 is 1.57 bits per heavy atom. The van der Waals surface area contributed by atoms with Crippen LogP contribution in [-0.2, 0) is 20.8 Å². The maximum absolute atomic E-state index is 13.9. The zero-order valence-corrected chi connectivity index (χ0v) is 19.6. The number of hydrogen-bond donors (Lipinski definition) is 2. The molecule has 2 aromatic rings. The fraction of sp³-hybridized carbons (Fsp3) is 0.391. The molecular formula is C23H20F7N3O3S. The van der Waals surface area contributed by atoms with Crippen molar-refractivity contribution in [1.29, 1.82) is 5.26 Å². The van der Waals surface area contributed by atoms with Crippen LogP contribution < -0.4 is 10.6 Å². The summed E-state index contributed by atoms with van der Waals surface area (Å²) in [6, 6.07) is 3.39. The van der Waals surface area contributed by atoms with Crippen molar-refractivity contribution < 1.29 is 43.9 Å². The predicted molar refractivity (Wildman–Crippen MR) is 116 cm³/mol. The van der Waals surface area contributed by atoms with Gasteiger partial charge in [-0.25, -0.2) is 12.8 Å². The minimum absolute atomic E-state index is 0.256. The molecule has 1 saturated carbocycles. The van der Waals surface area contributed by atoms with E-state index < -0.39 is 79.7 Å². The van der Waals surface area contributed by atoms with Crippen molar-refractivity contribution in [2.45, 2.75) is 54.1 Å². The van der Waals surface area contributed by atoms with E-state index in [2.05, 4.69) is 10.6 Å². The van der Waals surface area contributed by atoms with E-state index in [9.17, 15) is 49.2 Å². The second-order valence-electron chi connectivity index (χ2n) is 8.56. The van der Waals surface area contributed by atoms with Gasteiger partial charge in [0.05, 0.1) is 28.3 Å². The summed E-state index contributed by atoms with van der Waals surface area (Å²) in [5.74, 6) is -2.75. The van der Waals surface area contributed by atoms with Gasteiger partial charge in [0, 0.05) is 0 Å². The summed E-state index contributed by atoms with van der Waals surface area (Å²) in [7, 11) is -4.31. The Morgan fingerprint density at radius 1 is 1.00 bits per heavy atom. The third-order valence-corrected chi connectivity index (χ3v) is 7.52. The molecular weight excluding hydrogens is 531 g/mol. The number of carbonyl (C=O) groups is 1. The van der Waals surface area contributed by atoms with Gasteiger partial charge in [0.2, 0.25) is 5.91 Å². The van der Waals surface area contributed by atoms with Crippen molar-refractivity contribution in [2.24, 2.45) is 0 Å². The number of sulfone groups is 1. The monoisotopic (exact) mass is 551 g/mol. The quantitative estimate of drug-likeness (QED) is 0.449. The molecule has 1 aliphatic rings. The summed E-state index contributed by atoms with van der Waals surface area (Å²) in [5, 5.41) is 13.6. The fourth-order valence-electron chi connectivity index (χ4n) is 3.48. The molecule has 1 fully saturated rings. The number of nitriles is 1. The van der Waals surface area contributed by atoms with Crippen LogP contribution in [0.1, 0.15) is 36.4 Å². The average molecular weight is 551 g/mol. The molecule has 200 valence electrons. The van der Waals surface area contributed by atoms with Gasteiger partial charge in [-0.15, -0.1) is 0 Å². The Hall–Kier alpha value is -3.18. The topological polar surface area (TPSA) is 99.1 Å². The molecule has 1 aliphatic carbocycles. The number of amides is 1. The summed E-state index contributed by atoms with van der Waals surface area (Å²) in [4.78, 5) is 12.3. The lowest BCUT2D eigenvalue weighted by Gasteiger charge is -2.28. The van der Waals surface area contributed by atoms with Crippen LogP contribution in [-0.4, -0.2) is 37.8 Å². The largest absolute Gasteiger partial charge is 0.416 e. The molecule has 0 saturated heterocycles. The highest BCUT2D eigenvalue weighted by Crippen LogP contribution is 2.36. The fourth-order valence-corrected chi connectivity index (χ4v) is 4.81. The lowest BCUT2D eigenvalue weighted by Crippen LogP contribution is -2.52. The lowest BCUT2D eigenvalue weighted by molar-refractivity contribution is -0.161. The van der Waals surface area contributed by atoms with Crippen LogP contribution in [0.5, 0.6) is 0 Å². The average Bonchev–Trinajstić information content (AvgIpc) is 3.58. The maximum Gasteiger partial charge on any atom is 0.416 e. The number of benzene rings is 2. The Balaban J connectivity index is 1.86. The number of alkyl halides is 6. The van der Waals surface area contributed by atoms with Crippen molar-refractivity contribution in [2.75, 3.05) is 5.75 Å². The minimum atomic E-state index is -4.98. The van der Waals surface area contributed by atoms with E-state index >= 15 is 0 Å². The van der Waals surface area contributed by atoms with Gasteiger partial charge >= 0.3 is 12.4 Å². The van der Waals surface area contributed by atoms with Crippen molar-refractivity contribution >= 4 is 15.7 Å². The summed E-state index contributed by atoms with van der Waals surface area (Å²) >= 11 is 0. The normalized spacial score (nSPS) is 16.9. The van der Waals surface area contributed by atoms with Crippen LogP contribution in [0.15, 0.2) is 53.4 Å². The van der Waals surface area contributed by atoms with E-state index in [-0.39, 0.29) is 12.8 Å². The first-order valence-electron chi connectivity index (χ1n) is 10.8. The molecule has 0 heterocycles. The number of nitrogens with zero attached hydrogens (tertiary/aromatic N) is 1. The van der Waals surface area contributed by atoms with Crippen LogP contribution >= 0.6 is 0 Å². The first-order chi connectivity index (χ1) is 17.1. The zero-order valence-electron chi connectivity index (χ0n) is 18.8. The van der Waals surface area contributed by atoms with Crippen LogP contribution in [0.25, 0.3) is 0 Å². The summed E-state index contributed by atoms with van der Waals surface area (Å²) < 4.78 is 119. The van der Waals surface area contributed by atoms with Crippen molar-refractivity contribution in [3.63, 3.8) is 0 Å². The molecule has 37 heavy (non-hydrogen) atoms. The van der Waals surface area contributed by atoms with E-state index in [1.807, 2.05) is 6.07 Å². The molecule has 0 spiro atoms. The van der Waals surface area contributed by atoms with Crippen LogP contribution in [0, 0.1) is 17.1 Å². The predicted octanol–water partition coefficient (Wildman–Crippen LogP) is 4.44. The van der Waals surface area contributed by atoms with E-state index in [0.29, 0.717) is 24.3 Å². The van der Waals surface area contributed by atoms with Crippen molar-refractivity contribution in [3.05, 3.63) is 65.5 Å². The van der Waals surface area contributed by atoms with Gasteiger partial charge in [-0.05, 0) is 61.2 Å². The van der Waals surface area contributed by atoms with Gasteiger partial charge in [-0.3, -0.25) is 10.1 Å². The Kier molecular flexibility index (Phi) is 7.90. The van der Waals surface area contributed by atoms with Gasteiger partial charge in [0.25, 0.3) is 0 Å². The second-order valence-corrected chi connectivity index (χ2v) is 10.7. The number of halogens is 7. The molecule has 3 rings (SSSR count). The molecule has 14 heteroatoms. The molecule has 2 atom stereocenters. The molecule has 0 bridgehead atoms. The minimum Gasteiger partial charge on any atom is -0.336 e. The number of rotatable bonds is 9. The standard InChI is InChI=1S/C23H20F7N3O3S/c24-16-5-1-14(2-6-16)19(23(28,29)30)32-18(20(34)33-21(13-31)10-11-21)9-12-37(35,36)17-7-3-15(4-8-17)22(25,26)27/h1-8,18-19,32H,9-12H2,(H,33,34)/t18?,19-/m0/s1. The van der Waals surface area contributed by atoms with Crippen molar-refractivity contribution in [3.8, 4) is 6.07 Å². The summed E-state index contributed by atoms with van der Waals surface area (Å²) in [6.45, 7) is 0. The van der Waals surface area contributed by atoms with Crippen molar-refractivity contribution in [1.82, 2.24) is 10.6 Å². The van der Waals surface area contributed by atoms with Gasteiger partial charge < -0.3 is 5.32 Å². The van der Waals surface area contributed by atoms with Gasteiger partial charge in [-0.1, -0.05) is 12.1 Å². The molecule has 0 aliphatic heterocycles. The smallest absolute Gasteiger partial charge is 0.336 e. The number of carbonyl (C=O) groups excluding carboxylic acids is 1. The van der Waals surface area contributed by atoms with E-state index in [4.69, 9.17) is 0 Å². The highest BCUT2D eigenvalue weighted by atomic mass is 32.2. The van der Waals surface area contributed by atoms with Crippen LogP contribution in [0.2, 0.25) is 0 Å². The first kappa shape index (κ1) is 28.4. The highest BCUT2D eigenvalue weighted by Gasteiger charge is 2.47. The summed E-state index contributed by atoms with van der Waals surface area (Å²) in [6.07, 6.45) is -9.87. The SMILES string of the molecule is N#CC1(NC(=O)C(CCS(=O)(=O)c2ccc(C(F)(F)F)cc2)N[C@@H](c2ccc(F)cc2)C(F)(F)F)CC1. The van der Waals surface area contributed by atoms with Gasteiger partial charge in [-0.2, -0.15) is 31.6 Å². The maximum atomic E-state index is 13.9. The van der Waals surface area contributed by atoms with Gasteiger partial charge in [0.1, 0.15) is 17.4 Å². The molecule has 0 aromatic heterocycles. The number of hydrogen-bond acceptors (Lipinski definition) is 5. The second kappa shape index (κ2) is 10.3. The molecule has 1 unspecified atom stereocenters. The molecule has 0 radical (unpaired) electrons. The molecule has 2 N–H and O–H groups in total. The summed E-state index contributed by atoms with van der Waals surface area (Å²) in [5.41, 5.74) is -2.81. The van der Waals surface area contributed by atoms with Crippen LogP contribution in [0.4, 0.5) is 30.7 Å². The number of nitrogens with one attached hydrogen (secondary N) is 2. The van der Waals surface area contributed by atoms with Gasteiger partial charge in [0.15, 0.2) is 9.84 Å². The van der Waals surface area contributed by atoms with Crippen LogP contribution in [0.3, 0.4) is 0 Å². The zero-order chi connectivity index (χ0) is 27.6. The Labute approximate surface area is 207 Å². The molecule has 6 nitrogen and oxygen atoms in total. The Morgan fingerprint density at radius 3 is 2.03 bits per heavy atom. The third-order valence-electron chi connectivity index (χ3n) is 5.76. The first-order valence-corrected chi connectivity index (χ1v) is 12.4. The van der Waals surface area contributed by atoms with E-state index in [0.717, 1.165) is 24.3 Å². The molecule has 1 amide bonds. The Bertz CT molecular complexity index is 1270. The van der Waals surface area contributed by atoms with E-state index in [1.165, 1.54) is 0 Å².